The van der Waals surface area contributed by atoms with Crippen molar-refractivity contribution in [3.05, 3.63) is 45.1 Å². The van der Waals surface area contributed by atoms with E-state index < -0.39 is 12.6 Å². The SMILES string of the molecule is O=C(O)COc1cccc(NC(=O)c2ccc(Br)s2)c1. The minimum atomic E-state index is -1.05. The topological polar surface area (TPSA) is 75.6 Å². The lowest BCUT2D eigenvalue weighted by Gasteiger charge is -2.07. The summed E-state index contributed by atoms with van der Waals surface area (Å²) in [4.78, 5) is 23.0. The highest BCUT2D eigenvalue weighted by Gasteiger charge is 2.09. The Bertz CT molecular complexity index is 641. The number of ether oxygens (including phenoxy) is 1. The second-order valence-electron chi connectivity index (χ2n) is 3.77. The third kappa shape index (κ3) is 4.07. The predicted octanol–water partition coefficient (Wildman–Crippen LogP) is 3.23. The number of nitrogens with one attached hydrogen (secondary N) is 1. The van der Waals surface area contributed by atoms with E-state index in [2.05, 4.69) is 21.2 Å². The molecular formula is C13H10BrNO4S. The summed E-state index contributed by atoms with van der Waals surface area (Å²) in [6.45, 7) is -0.421. The van der Waals surface area contributed by atoms with Crippen LogP contribution in [0.2, 0.25) is 0 Å². The molecule has 2 N–H and O–H groups in total. The van der Waals surface area contributed by atoms with Crippen LogP contribution in [-0.2, 0) is 4.79 Å². The molecule has 1 heterocycles. The summed E-state index contributed by atoms with van der Waals surface area (Å²) in [6, 6.07) is 10.1. The third-order valence-electron chi connectivity index (χ3n) is 2.25. The molecule has 0 fully saturated rings. The van der Waals surface area contributed by atoms with Crippen molar-refractivity contribution in [1.29, 1.82) is 0 Å². The highest BCUT2D eigenvalue weighted by Crippen LogP contribution is 2.24. The summed E-state index contributed by atoms with van der Waals surface area (Å²) < 4.78 is 5.92. The minimum Gasteiger partial charge on any atom is -0.482 e. The average Bonchev–Trinajstić information content (AvgIpc) is 2.84. The van der Waals surface area contributed by atoms with Gasteiger partial charge in [0.1, 0.15) is 5.75 Å². The van der Waals surface area contributed by atoms with E-state index in [1.54, 1.807) is 36.4 Å². The summed E-state index contributed by atoms with van der Waals surface area (Å²) in [6.07, 6.45) is 0. The van der Waals surface area contributed by atoms with Gasteiger partial charge in [0.05, 0.1) is 8.66 Å². The van der Waals surface area contributed by atoms with E-state index in [0.717, 1.165) is 3.79 Å². The Morgan fingerprint density at radius 3 is 2.75 bits per heavy atom. The van der Waals surface area contributed by atoms with Crippen LogP contribution in [0.5, 0.6) is 5.75 Å². The Hall–Kier alpha value is -1.86. The van der Waals surface area contributed by atoms with Gasteiger partial charge in [-0.1, -0.05) is 6.07 Å². The number of carbonyl (C=O) groups excluding carboxylic acids is 1. The lowest BCUT2D eigenvalue weighted by atomic mass is 10.3. The highest BCUT2D eigenvalue weighted by atomic mass is 79.9. The van der Waals surface area contributed by atoms with Gasteiger partial charge in [0.15, 0.2) is 6.61 Å². The van der Waals surface area contributed by atoms with E-state index >= 15 is 0 Å². The first-order chi connectivity index (χ1) is 9.54. The molecule has 0 radical (unpaired) electrons. The molecule has 0 bridgehead atoms. The number of hydrogen-bond donors (Lipinski definition) is 2. The molecule has 104 valence electrons. The Kier molecular flexibility index (Phi) is 4.75. The fourth-order valence-corrected chi connectivity index (χ4v) is 2.72. The number of hydrogen-bond acceptors (Lipinski definition) is 4. The Balaban J connectivity index is 2.04. The van der Waals surface area contributed by atoms with Gasteiger partial charge in [0.2, 0.25) is 0 Å². The van der Waals surface area contributed by atoms with Crippen molar-refractivity contribution in [2.45, 2.75) is 0 Å². The maximum atomic E-state index is 11.9. The number of benzene rings is 1. The third-order valence-corrected chi connectivity index (χ3v) is 3.87. The van der Waals surface area contributed by atoms with Gasteiger partial charge in [0.25, 0.3) is 5.91 Å². The van der Waals surface area contributed by atoms with E-state index in [-0.39, 0.29) is 5.91 Å². The standard InChI is InChI=1S/C13H10BrNO4S/c14-11-5-4-10(20-11)13(18)15-8-2-1-3-9(6-8)19-7-12(16)17/h1-6H,7H2,(H,15,18)(H,16,17). The second-order valence-corrected chi connectivity index (χ2v) is 6.23. The molecule has 5 nitrogen and oxygen atoms in total. The Morgan fingerprint density at radius 2 is 2.10 bits per heavy atom. The van der Waals surface area contributed by atoms with Crippen molar-refractivity contribution < 1.29 is 19.4 Å². The van der Waals surface area contributed by atoms with E-state index in [4.69, 9.17) is 9.84 Å². The van der Waals surface area contributed by atoms with E-state index in [9.17, 15) is 9.59 Å². The van der Waals surface area contributed by atoms with Crippen LogP contribution in [0.4, 0.5) is 5.69 Å². The van der Waals surface area contributed by atoms with Gasteiger partial charge in [-0.2, -0.15) is 0 Å². The van der Waals surface area contributed by atoms with Crippen LogP contribution in [0.1, 0.15) is 9.67 Å². The zero-order valence-corrected chi connectivity index (χ0v) is 12.5. The van der Waals surface area contributed by atoms with Crippen LogP contribution in [0.15, 0.2) is 40.2 Å². The number of carboxylic acids is 1. The fourth-order valence-electron chi connectivity index (χ4n) is 1.44. The highest BCUT2D eigenvalue weighted by molar-refractivity contribution is 9.11. The maximum absolute atomic E-state index is 11.9. The summed E-state index contributed by atoms with van der Waals surface area (Å²) in [5, 5.41) is 11.3. The normalized spacial score (nSPS) is 10.1. The van der Waals surface area contributed by atoms with Crippen LogP contribution in [0.3, 0.4) is 0 Å². The van der Waals surface area contributed by atoms with Gasteiger partial charge >= 0.3 is 5.97 Å². The van der Waals surface area contributed by atoms with Crippen LogP contribution < -0.4 is 10.1 Å². The smallest absolute Gasteiger partial charge is 0.341 e. The summed E-state index contributed by atoms with van der Waals surface area (Å²) in [5.41, 5.74) is 0.544. The van der Waals surface area contributed by atoms with Crippen molar-refractivity contribution in [2.75, 3.05) is 11.9 Å². The minimum absolute atomic E-state index is 0.226. The summed E-state index contributed by atoms with van der Waals surface area (Å²) >= 11 is 4.62. The molecule has 2 rings (SSSR count). The number of carboxylic acid groups (broad SMARTS) is 1. The molecule has 0 spiro atoms. The van der Waals surface area contributed by atoms with Crippen LogP contribution in [-0.4, -0.2) is 23.6 Å². The molecular weight excluding hydrogens is 346 g/mol. The lowest BCUT2D eigenvalue weighted by molar-refractivity contribution is -0.139. The molecule has 0 atom stereocenters. The average molecular weight is 356 g/mol. The molecule has 0 saturated heterocycles. The molecule has 0 aliphatic rings. The van der Waals surface area contributed by atoms with Gasteiger partial charge in [-0.15, -0.1) is 11.3 Å². The first kappa shape index (κ1) is 14.5. The number of aliphatic carboxylic acids is 1. The number of carbonyl (C=O) groups is 2. The van der Waals surface area contributed by atoms with Crippen molar-refractivity contribution in [2.24, 2.45) is 0 Å². The molecule has 1 amide bonds. The number of anilines is 1. The monoisotopic (exact) mass is 355 g/mol. The zero-order chi connectivity index (χ0) is 14.5. The second kappa shape index (κ2) is 6.53. The summed E-state index contributed by atoms with van der Waals surface area (Å²) in [5.74, 6) is -0.892. The van der Waals surface area contributed by atoms with Crippen molar-refractivity contribution in [3.63, 3.8) is 0 Å². The van der Waals surface area contributed by atoms with Gasteiger partial charge in [-0.25, -0.2) is 4.79 Å². The quantitative estimate of drug-likeness (QED) is 0.863. The Labute approximate surface area is 127 Å². The molecule has 0 aliphatic heterocycles. The number of amides is 1. The predicted molar refractivity (Wildman–Crippen MR) is 79.5 cm³/mol. The van der Waals surface area contributed by atoms with Crippen LogP contribution >= 0.6 is 27.3 Å². The zero-order valence-electron chi connectivity index (χ0n) is 10.1. The van der Waals surface area contributed by atoms with Crippen LogP contribution in [0.25, 0.3) is 0 Å². The molecule has 2 aromatic rings. The largest absolute Gasteiger partial charge is 0.482 e. The van der Waals surface area contributed by atoms with Gasteiger partial charge in [-0.3, -0.25) is 4.79 Å². The van der Waals surface area contributed by atoms with Gasteiger partial charge in [-0.05, 0) is 40.2 Å². The van der Waals surface area contributed by atoms with Crippen LogP contribution in [0, 0.1) is 0 Å². The fraction of sp³-hybridized carbons (Fsp3) is 0.0769. The molecule has 7 heteroatoms. The van der Waals surface area contributed by atoms with Crippen molar-refractivity contribution in [1.82, 2.24) is 0 Å². The first-order valence-electron chi connectivity index (χ1n) is 5.56. The lowest BCUT2D eigenvalue weighted by Crippen LogP contribution is -2.11. The van der Waals surface area contributed by atoms with E-state index in [0.29, 0.717) is 16.3 Å². The molecule has 0 aliphatic carbocycles. The molecule has 0 unspecified atom stereocenters. The molecule has 1 aromatic heterocycles. The van der Waals surface area contributed by atoms with Gasteiger partial charge in [0, 0.05) is 11.8 Å². The Morgan fingerprint density at radius 1 is 1.30 bits per heavy atom. The first-order valence-corrected chi connectivity index (χ1v) is 7.17. The molecule has 20 heavy (non-hydrogen) atoms. The summed E-state index contributed by atoms with van der Waals surface area (Å²) in [7, 11) is 0. The molecule has 1 aromatic carbocycles. The van der Waals surface area contributed by atoms with Crippen molar-refractivity contribution >= 4 is 44.8 Å². The number of thiophene rings is 1. The van der Waals surface area contributed by atoms with Crippen molar-refractivity contribution in [3.8, 4) is 5.75 Å². The number of halogens is 1. The maximum Gasteiger partial charge on any atom is 0.341 e. The van der Waals surface area contributed by atoms with E-state index in [1.807, 2.05) is 0 Å². The molecule has 0 saturated carbocycles. The number of rotatable bonds is 5. The van der Waals surface area contributed by atoms with Gasteiger partial charge < -0.3 is 15.2 Å². The van der Waals surface area contributed by atoms with E-state index in [1.165, 1.54) is 11.3 Å².